The number of ether oxygens (including phenoxy) is 1. The van der Waals surface area contributed by atoms with Crippen molar-refractivity contribution in [2.45, 2.75) is 58.4 Å². The van der Waals surface area contributed by atoms with Gasteiger partial charge in [0, 0.05) is 31.4 Å². The van der Waals surface area contributed by atoms with E-state index in [9.17, 15) is 4.79 Å². The number of nitrogens with one attached hydrogen (secondary N) is 2. The van der Waals surface area contributed by atoms with Crippen LogP contribution in [0.15, 0.2) is 54.6 Å². The summed E-state index contributed by atoms with van der Waals surface area (Å²) in [5, 5.41) is 6.10. The predicted molar refractivity (Wildman–Crippen MR) is 118 cm³/mol. The second-order valence-electron chi connectivity index (χ2n) is 8.13. The van der Waals surface area contributed by atoms with Crippen LogP contribution < -0.4 is 10.6 Å². The second-order valence-corrected chi connectivity index (χ2v) is 8.13. The van der Waals surface area contributed by atoms with Crippen LogP contribution in [-0.2, 0) is 17.7 Å². The van der Waals surface area contributed by atoms with E-state index >= 15 is 0 Å². The normalized spacial score (nSPS) is 20.8. The van der Waals surface area contributed by atoms with Gasteiger partial charge in [-0.15, -0.1) is 0 Å². The number of aryl methyl sites for hydroxylation is 1. The van der Waals surface area contributed by atoms with Crippen molar-refractivity contribution < 1.29 is 9.53 Å². The summed E-state index contributed by atoms with van der Waals surface area (Å²) in [5.74, 6) is 0. The van der Waals surface area contributed by atoms with Gasteiger partial charge in [0.25, 0.3) is 0 Å². The molecule has 2 N–H and O–H groups in total. The molecule has 3 atom stereocenters. The molecule has 3 rings (SSSR count). The lowest BCUT2D eigenvalue weighted by atomic mass is 10.1. The van der Waals surface area contributed by atoms with Gasteiger partial charge in [0.05, 0.1) is 12.2 Å². The molecule has 1 aliphatic rings. The first-order valence-electron chi connectivity index (χ1n) is 10.6. The number of para-hydroxylation sites is 1. The third-order valence-electron chi connectivity index (χ3n) is 5.24. The van der Waals surface area contributed by atoms with E-state index in [1.807, 2.05) is 43.3 Å². The van der Waals surface area contributed by atoms with E-state index in [1.165, 1.54) is 5.56 Å². The molecule has 0 bridgehead atoms. The van der Waals surface area contributed by atoms with E-state index in [0.717, 1.165) is 43.7 Å². The number of urea groups is 1. The molecule has 1 fully saturated rings. The van der Waals surface area contributed by atoms with Crippen LogP contribution in [0.1, 0.15) is 38.3 Å². The molecule has 1 aliphatic heterocycles. The van der Waals surface area contributed by atoms with Gasteiger partial charge >= 0.3 is 6.03 Å². The van der Waals surface area contributed by atoms with Gasteiger partial charge in [-0.1, -0.05) is 48.5 Å². The van der Waals surface area contributed by atoms with Crippen molar-refractivity contribution in [3.05, 3.63) is 65.7 Å². The van der Waals surface area contributed by atoms with Crippen LogP contribution in [0.3, 0.4) is 0 Å². The van der Waals surface area contributed by atoms with Crippen molar-refractivity contribution in [3.63, 3.8) is 0 Å². The Hall–Kier alpha value is -2.37. The van der Waals surface area contributed by atoms with E-state index in [2.05, 4.69) is 47.6 Å². The highest BCUT2D eigenvalue weighted by Crippen LogP contribution is 2.20. The molecule has 5 nitrogen and oxygen atoms in total. The van der Waals surface area contributed by atoms with Crippen molar-refractivity contribution in [2.75, 3.05) is 18.4 Å². The first-order valence-corrected chi connectivity index (χ1v) is 10.6. The Morgan fingerprint density at radius 1 is 1.07 bits per heavy atom. The number of carbonyl (C=O) groups is 1. The minimum atomic E-state index is -0.151. The molecule has 29 heavy (non-hydrogen) atoms. The third-order valence-corrected chi connectivity index (χ3v) is 5.24. The van der Waals surface area contributed by atoms with Crippen LogP contribution in [0.4, 0.5) is 10.5 Å². The molecule has 0 radical (unpaired) electrons. The zero-order chi connectivity index (χ0) is 20.6. The predicted octanol–water partition coefficient (Wildman–Crippen LogP) is 4.44. The quantitative estimate of drug-likeness (QED) is 0.729. The minimum Gasteiger partial charge on any atom is -0.373 e. The number of anilines is 1. The van der Waals surface area contributed by atoms with E-state index in [-0.39, 0.29) is 24.3 Å². The van der Waals surface area contributed by atoms with E-state index in [0.29, 0.717) is 0 Å². The fourth-order valence-electron chi connectivity index (χ4n) is 3.92. The molecule has 1 saturated heterocycles. The number of hydrogen-bond acceptors (Lipinski definition) is 3. The van der Waals surface area contributed by atoms with Crippen LogP contribution in [0.5, 0.6) is 0 Å². The number of morpholine rings is 1. The van der Waals surface area contributed by atoms with Gasteiger partial charge in [0.1, 0.15) is 0 Å². The van der Waals surface area contributed by atoms with Crippen molar-refractivity contribution in [3.8, 4) is 0 Å². The third kappa shape index (κ3) is 6.87. The minimum absolute atomic E-state index is 0.100. The average Bonchev–Trinajstić information content (AvgIpc) is 2.68. The van der Waals surface area contributed by atoms with Crippen molar-refractivity contribution in [1.82, 2.24) is 10.2 Å². The van der Waals surface area contributed by atoms with Gasteiger partial charge in [-0.2, -0.15) is 0 Å². The largest absolute Gasteiger partial charge is 0.373 e. The Labute approximate surface area is 174 Å². The first-order chi connectivity index (χ1) is 14.0. The summed E-state index contributed by atoms with van der Waals surface area (Å²) in [6, 6.07) is 18.3. The van der Waals surface area contributed by atoms with Gasteiger partial charge in [-0.05, 0) is 50.8 Å². The van der Waals surface area contributed by atoms with Crippen LogP contribution >= 0.6 is 0 Å². The summed E-state index contributed by atoms with van der Waals surface area (Å²) in [5.41, 5.74) is 3.29. The van der Waals surface area contributed by atoms with E-state index in [4.69, 9.17) is 4.74 Å². The molecule has 0 aromatic heterocycles. The lowest BCUT2D eigenvalue weighted by Crippen LogP contribution is -2.45. The fourth-order valence-corrected chi connectivity index (χ4v) is 3.92. The van der Waals surface area contributed by atoms with Crippen LogP contribution in [0.25, 0.3) is 0 Å². The zero-order valence-corrected chi connectivity index (χ0v) is 17.7. The Morgan fingerprint density at radius 3 is 2.45 bits per heavy atom. The zero-order valence-electron chi connectivity index (χ0n) is 17.7. The highest BCUT2D eigenvalue weighted by molar-refractivity contribution is 5.90. The van der Waals surface area contributed by atoms with E-state index < -0.39 is 0 Å². The fraction of sp³-hybridized carbons (Fsp3) is 0.458. The SMILES string of the molecule is CC(CCc1ccccc1)NC(=O)Nc1ccccc1CN1CC(C)OC(C)C1. The highest BCUT2D eigenvalue weighted by atomic mass is 16.5. The maximum absolute atomic E-state index is 12.5. The monoisotopic (exact) mass is 395 g/mol. The molecule has 3 unspecified atom stereocenters. The van der Waals surface area contributed by atoms with Crippen molar-refractivity contribution in [1.29, 1.82) is 0 Å². The maximum Gasteiger partial charge on any atom is 0.319 e. The Bertz CT molecular complexity index is 771. The van der Waals surface area contributed by atoms with Crippen molar-refractivity contribution in [2.24, 2.45) is 0 Å². The summed E-state index contributed by atoms with van der Waals surface area (Å²) < 4.78 is 5.83. The van der Waals surface area contributed by atoms with Gasteiger partial charge in [0.15, 0.2) is 0 Å². The standard InChI is InChI=1S/C24H33N3O2/c1-18(13-14-21-9-5-4-6-10-21)25-24(28)26-23-12-8-7-11-22(23)17-27-15-19(2)29-20(3)16-27/h4-12,18-20H,13-17H2,1-3H3,(H2,25,26,28). The van der Waals surface area contributed by atoms with Gasteiger partial charge in [-0.25, -0.2) is 4.79 Å². The summed E-state index contributed by atoms with van der Waals surface area (Å²) in [4.78, 5) is 14.9. The molecule has 1 heterocycles. The second kappa shape index (κ2) is 10.4. The summed E-state index contributed by atoms with van der Waals surface area (Å²) >= 11 is 0. The van der Waals surface area contributed by atoms with Gasteiger partial charge in [0.2, 0.25) is 0 Å². The summed E-state index contributed by atoms with van der Waals surface area (Å²) in [6.45, 7) is 8.87. The topological polar surface area (TPSA) is 53.6 Å². The summed E-state index contributed by atoms with van der Waals surface area (Å²) in [6.07, 6.45) is 2.31. The Balaban J connectivity index is 1.52. The molecular formula is C24H33N3O2. The van der Waals surface area contributed by atoms with Crippen LogP contribution in [-0.4, -0.2) is 42.3 Å². The molecule has 0 saturated carbocycles. The van der Waals surface area contributed by atoms with Gasteiger partial charge in [-0.3, -0.25) is 4.90 Å². The number of rotatable bonds is 7. The number of hydrogen-bond donors (Lipinski definition) is 2. The lowest BCUT2D eigenvalue weighted by Gasteiger charge is -2.35. The smallest absolute Gasteiger partial charge is 0.319 e. The molecule has 2 aromatic rings. The Morgan fingerprint density at radius 2 is 1.72 bits per heavy atom. The average molecular weight is 396 g/mol. The van der Waals surface area contributed by atoms with Crippen LogP contribution in [0.2, 0.25) is 0 Å². The molecular weight excluding hydrogens is 362 g/mol. The molecule has 0 spiro atoms. The molecule has 156 valence electrons. The van der Waals surface area contributed by atoms with Crippen LogP contribution in [0, 0.1) is 0 Å². The van der Waals surface area contributed by atoms with E-state index in [1.54, 1.807) is 0 Å². The molecule has 2 amide bonds. The summed E-state index contributed by atoms with van der Waals surface area (Å²) in [7, 11) is 0. The highest BCUT2D eigenvalue weighted by Gasteiger charge is 2.23. The van der Waals surface area contributed by atoms with Gasteiger partial charge < -0.3 is 15.4 Å². The number of carbonyl (C=O) groups excluding carboxylic acids is 1. The molecule has 5 heteroatoms. The molecule has 2 aromatic carbocycles. The Kier molecular flexibility index (Phi) is 7.67. The number of nitrogens with zero attached hydrogens (tertiary/aromatic N) is 1. The number of benzene rings is 2. The lowest BCUT2D eigenvalue weighted by molar-refractivity contribution is -0.0704. The molecule has 0 aliphatic carbocycles. The van der Waals surface area contributed by atoms with Crippen molar-refractivity contribution >= 4 is 11.7 Å². The maximum atomic E-state index is 12.5. The number of amides is 2. The first kappa shape index (κ1) is 21.3.